The average molecular weight is 381 g/mol. The van der Waals surface area contributed by atoms with E-state index in [1.165, 1.54) is 4.90 Å². The number of carbonyl (C=O) groups excluding carboxylic acids is 2. The third kappa shape index (κ3) is 4.25. The number of likely N-dealkylation sites (N-methyl/N-ethyl adjacent to an activating group) is 1. The molecule has 3 rings (SSSR count). The molecule has 0 saturated heterocycles. The summed E-state index contributed by atoms with van der Waals surface area (Å²) in [4.78, 5) is 34.8. The zero-order chi connectivity index (χ0) is 20.1. The molecule has 1 aromatic carbocycles. The van der Waals surface area contributed by atoms with Gasteiger partial charge in [0.15, 0.2) is 0 Å². The van der Waals surface area contributed by atoms with Crippen molar-refractivity contribution in [1.82, 2.24) is 25.4 Å². The van der Waals surface area contributed by atoms with Gasteiger partial charge >= 0.3 is 0 Å². The van der Waals surface area contributed by atoms with Crippen molar-refractivity contribution < 1.29 is 9.59 Å². The normalized spacial score (nSPS) is 17.9. The summed E-state index contributed by atoms with van der Waals surface area (Å²) in [5.41, 5.74) is 8.21. The van der Waals surface area contributed by atoms with Gasteiger partial charge < -0.3 is 16.0 Å². The van der Waals surface area contributed by atoms with E-state index in [0.717, 1.165) is 5.56 Å². The summed E-state index contributed by atoms with van der Waals surface area (Å²) in [5.74, 6) is -0.188. The number of H-pyrrole nitrogens is 1. The molecule has 2 heterocycles. The molecular formula is C19H23N7O2. The minimum Gasteiger partial charge on any atom is -0.400 e. The van der Waals surface area contributed by atoms with E-state index in [2.05, 4.69) is 25.5 Å². The number of benzene rings is 1. The van der Waals surface area contributed by atoms with E-state index < -0.39 is 11.9 Å². The third-order valence-corrected chi connectivity index (χ3v) is 4.53. The van der Waals surface area contributed by atoms with Gasteiger partial charge in [0.25, 0.3) is 5.91 Å². The van der Waals surface area contributed by atoms with Crippen LogP contribution in [-0.4, -0.2) is 58.2 Å². The van der Waals surface area contributed by atoms with Crippen molar-refractivity contribution in [2.75, 3.05) is 14.1 Å². The topological polar surface area (TPSA) is 129 Å². The Labute approximate surface area is 162 Å². The molecule has 1 aromatic heterocycles. The smallest absolute Gasteiger partial charge is 0.291 e. The first kappa shape index (κ1) is 19.3. The predicted octanol–water partition coefficient (Wildman–Crippen LogP) is 0.617. The summed E-state index contributed by atoms with van der Waals surface area (Å²) in [5, 5.41) is 9.46. The van der Waals surface area contributed by atoms with Crippen LogP contribution in [0, 0.1) is 0 Å². The molecule has 0 aliphatic carbocycles. The molecule has 1 aliphatic heterocycles. The van der Waals surface area contributed by atoms with Crippen LogP contribution in [0.2, 0.25) is 0 Å². The molecule has 2 amide bonds. The maximum absolute atomic E-state index is 12.7. The lowest BCUT2D eigenvalue weighted by Gasteiger charge is -2.21. The highest BCUT2D eigenvalue weighted by Gasteiger charge is 2.30. The van der Waals surface area contributed by atoms with Crippen molar-refractivity contribution in [3.8, 4) is 0 Å². The number of nitrogens with two attached hydrogens (primary N) is 1. The largest absolute Gasteiger partial charge is 0.400 e. The lowest BCUT2D eigenvalue weighted by atomic mass is 10.1. The maximum Gasteiger partial charge on any atom is 0.291 e. The fraction of sp³-hybridized carbons (Fsp3) is 0.316. The number of aromatic nitrogens is 3. The second kappa shape index (κ2) is 8.47. The summed E-state index contributed by atoms with van der Waals surface area (Å²) in [6.45, 7) is 0. The van der Waals surface area contributed by atoms with E-state index in [9.17, 15) is 9.59 Å². The maximum atomic E-state index is 12.7. The van der Waals surface area contributed by atoms with Crippen molar-refractivity contribution in [1.29, 1.82) is 0 Å². The molecule has 0 radical (unpaired) electrons. The van der Waals surface area contributed by atoms with E-state index >= 15 is 0 Å². The molecule has 2 aromatic rings. The molecule has 1 atom stereocenters. The number of amides is 2. The van der Waals surface area contributed by atoms with Gasteiger partial charge in [0.05, 0.1) is 5.70 Å². The predicted molar refractivity (Wildman–Crippen MR) is 105 cm³/mol. The van der Waals surface area contributed by atoms with Crippen molar-refractivity contribution in [2.45, 2.75) is 25.3 Å². The molecule has 0 unspecified atom stereocenters. The first-order valence-corrected chi connectivity index (χ1v) is 8.94. The number of allylic oxidation sites excluding steroid dienone is 2. The van der Waals surface area contributed by atoms with Crippen molar-refractivity contribution >= 4 is 18.0 Å². The van der Waals surface area contributed by atoms with Crippen LogP contribution in [0.5, 0.6) is 0 Å². The number of rotatable bonds is 5. The lowest BCUT2D eigenvalue weighted by molar-refractivity contribution is -0.129. The molecule has 9 nitrogen and oxygen atoms in total. The Kier molecular flexibility index (Phi) is 5.83. The van der Waals surface area contributed by atoms with Crippen molar-refractivity contribution in [2.24, 2.45) is 10.7 Å². The van der Waals surface area contributed by atoms with Crippen molar-refractivity contribution in [3.63, 3.8) is 0 Å². The fourth-order valence-corrected chi connectivity index (χ4v) is 3.03. The number of nitrogens with one attached hydrogen (secondary N) is 2. The molecule has 0 fully saturated rings. The van der Waals surface area contributed by atoms with Crippen LogP contribution in [0.25, 0.3) is 0 Å². The molecule has 0 spiro atoms. The molecule has 28 heavy (non-hydrogen) atoms. The van der Waals surface area contributed by atoms with Crippen LogP contribution >= 0.6 is 0 Å². The van der Waals surface area contributed by atoms with Gasteiger partial charge in [-0.25, -0.2) is 4.98 Å². The van der Waals surface area contributed by atoms with Crippen LogP contribution in [0.1, 0.15) is 34.8 Å². The standard InChI is InChI=1S/C19H23N7O2/c1-21-11-15-13(20)8-9-14(19(28)26(15)2)22-18(27)17-23-16(24-25-17)10-12-6-4-3-5-7-12/h3-7,11,14H,8-10,20H2,1-2H3,(H,22,27)(H,23,24,25)/t14-/m1/s1. The van der Waals surface area contributed by atoms with Gasteiger partial charge in [-0.1, -0.05) is 30.3 Å². The van der Waals surface area contributed by atoms with Crippen LogP contribution in [0.3, 0.4) is 0 Å². The Hall–Kier alpha value is -3.49. The van der Waals surface area contributed by atoms with E-state index in [4.69, 9.17) is 5.73 Å². The second-order valence-corrected chi connectivity index (χ2v) is 6.53. The Bertz CT molecular complexity index is 917. The first-order valence-electron chi connectivity index (χ1n) is 8.94. The summed E-state index contributed by atoms with van der Waals surface area (Å²) in [6.07, 6.45) is 2.94. The highest BCUT2D eigenvalue weighted by Crippen LogP contribution is 2.18. The van der Waals surface area contributed by atoms with Gasteiger partial charge in [0, 0.05) is 32.4 Å². The van der Waals surface area contributed by atoms with Crippen molar-refractivity contribution in [3.05, 3.63) is 58.9 Å². The molecule has 4 N–H and O–H groups in total. The highest BCUT2D eigenvalue weighted by atomic mass is 16.2. The Morgan fingerprint density at radius 2 is 2.18 bits per heavy atom. The monoisotopic (exact) mass is 381 g/mol. The fourth-order valence-electron chi connectivity index (χ4n) is 3.03. The number of aliphatic imine (C=N–C) groups is 1. The summed E-state index contributed by atoms with van der Waals surface area (Å²) in [7, 11) is 3.22. The van der Waals surface area contributed by atoms with Gasteiger partial charge in [-0.2, -0.15) is 0 Å². The van der Waals surface area contributed by atoms with E-state index in [-0.39, 0.29) is 11.7 Å². The van der Waals surface area contributed by atoms with Gasteiger partial charge in [-0.05, 0) is 18.4 Å². The molecule has 0 saturated carbocycles. The molecule has 1 aliphatic rings. The third-order valence-electron chi connectivity index (χ3n) is 4.53. The van der Waals surface area contributed by atoms with E-state index in [1.807, 2.05) is 30.3 Å². The molecule has 0 bridgehead atoms. The minimum absolute atomic E-state index is 0.00177. The van der Waals surface area contributed by atoms with E-state index in [1.54, 1.807) is 20.3 Å². The molecular weight excluding hydrogens is 358 g/mol. The average Bonchev–Trinajstić information content (AvgIpc) is 3.13. The van der Waals surface area contributed by atoms with Gasteiger partial charge in [-0.3, -0.25) is 19.7 Å². The van der Waals surface area contributed by atoms with Crippen LogP contribution in [0.15, 0.2) is 46.7 Å². The van der Waals surface area contributed by atoms with E-state index in [0.29, 0.717) is 36.5 Å². The summed E-state index contributed by atoms with van der Waals surface area (Å²) >= 11 is 0. The summed E-state index contributed by atoms with van der Waals surface area (Å²) in [6, 6.07) is 9.03. The Morgan fingerprint density at radius 1 is 1.43 bits per heavy atom. The Morgan fingerprint density at radius 3 is 2.89 bits per heavy atom. The zero-order valence-electron chi connectivity index (χ0n) is 15.8. The van der Waals surface area contributed by atoms with Gasteiger partial charge in [-0.15, -0.1) is 5.10 Å². The number of aromatic amines is 1. The summed E-state index contributed by atoms with van der Waals surface area (Å²) < 4.78 is 0. The van der Waals surface area contributed by atoms with Crippen LogP contribution < -0.4 is 11.1 Å². The van der Waals surface area contributed by atoms with Gasteiger partial charge in [0.2, 0.25) is 11.7 Å². The quantitative estimate of drug-likeness (QED) is 0.654. The van der Waals surface area contributed by atoms with Gasteiger partial charge in [0.1, 0.15) is 11.9 Å². The highest BCUT2D eigenvalue weighted by molar-refractivity contribution is 5.97. The first-order chi connectivity index (χ1) is 13.5. The zero-order valence-corrected chi connectivity index (χ0v) is 15.8. The second-order valence-electron chi connectivity index (χ2n) is 6.53. The number of carbonyl (C=O) groups is 2. The van der Waals surface area contributed by atoms with Crippen LogP contribution in [0.4, 0.5) is 0 Å². The molecule has 146 valence electrons. The Balaban J connectivity index is 1.67. The minimum atomic E-state index is -0.713. The number of hydrogen-bond donors (Lipinski definition) is 3. The molecule has 9 heteroatoms. The van der Waals surface area contributed by atoms with Crippen LogP contribution in [-0.2, 0) is 11.2 Å². The number of nitrogens with zero attached hydrogens (tertiary/aromatic N) is 4. The SMILES string of the molecule is CN=CC1=C(N)CC[C@@H](NC(=O)c2n[nH]c(Cc3ccccc3)n2)C(=O)N1C. The lowest BCUT2D eigenvalue weighted by Crippen LogP contribution is -2.46. The number of hydrogen-bond acceptors (Lipinski definition) is 6.